The number of thioether (sulfide) groups is 1. The maximum atomic E-state index is 13.0. The second-order valence-corrected chi connectivity index (χ2v) is 7.34. The molecule has 3 nitrogen and oxygen atoms in total. The summed E-state index contributed by atoms with van der Waals surface area (Å²) in [5, 5.41) is 6.70. The smallest absolute Gasteiger partial charge is 0.269 e. The molecule has 1 aromatic rings. The second kappa shape index (κ2) is 5.18. The Hall–Kier alpha value is -1.26. The number of hydrogen-bond donors (Lipinski definition) is 0. The molecule has 1 atom stereocenters. The van der Waals surface area contributed by atoms with Crippen LogP contribution in [-0.2, 0) is 4.79 Å². The van der Waals surface area contributed by atoms with Crippen LogP contribution in [0.25, 0.3) is 0 Å². The van der Waals surface area contributed by atoms with Gasteiger partial charge in [0.05, 0.1) is 11.4 Å². The lowest BCUT2D eigenvalue weighted by atomic mass is 9.92. The predicted octanol–water partition coefficient (Wildman–Crippen LogP) is 4.27. The average Bonchev–Trinajstić information content (AvgIpc) is 2.69. The Morgan fingerprint density at radius 1 is 1.19 bits per heavy atom. The van der Waals surface area contributed by atoms with Crippen molar-refractivity contribution in [1.82, 2.24) is 0 Å². The molecule has 0 radical (unpaired) electrons. The normalized spacial score (nSPS) is 25.8. The van der Waals surface area contributed by atoms with Gasteiger partial charge in [0.15, 0.2) is 0 Å². The highest BCUT2D eigenvalue weighted by atomic mass is 35.5. The molecule has 2 aliphatic rings. The molecule has 0 saturated carbocycles. The highest BCUT2D eigenvalue weighted by Crippen LogP contribution is 2.45. The van der Waals surface area contributed by atoms with E-state index in [2.05, 4.69) is 18.9 Å². The van der Waals surface area contributed by atoms with Gasteiger partial charge in [0.25, 0.3) is 5.91 Å². The molecule has 0 unspecified atom stereocenters. The number of hydrogen-bond acceptors (Lipinski definition) is 3. The first-order valence-electron chi connectivity index (χ1n) is 6.89. The minimum absolute atomic E-state index is 0.0548. The molecule has 1 aromatic carbocycles. The Kier molecular flexibility index (Phi) is 3.62. The van der Waals surface area contributed by atoms with Gasteiger partial charge in [-0.3, -0.25) is 4.79 Å². The van der Waals surface area contributed by atoms with E-state index in [0.717, 1.165) is 23.6 Å². The van der Waals surface area contributed by atoms with Gasteiger partial charge < -0.3 is 0 Å². The summed E-state index contributed by atoms with van der Waals surface area (Å²) in [6.45, 7) is 6.20. The second-order valence-electron chi connectivity index (χ2n) is 5.63. The maximum Gasteiger partial charge on any atom is 0.269 e. The molecule has 2 heterocycles. The van der Waals surface area contributed by atoms with Crippen LogP contribution in [0.2, 0.25) is 5.02 Å². The highest BCUT2D eigenvalue weighted by molar-refractivity contribution is 8.02. The zero-order valence-electron chi connectivity index (χ0n) is 12.3. The summed E-state index contributed by atoms with van der Waals surface area (Å²) < 4.78 is -0.525. The van der Waals surface area contributed by atoms with Gasteiger partial charge >= 0.3 is 0 Å². The molecule has 0 fully saturated rings. The van der Waals surface area contributed by atoms with Gasteiger partial charge in [0.1, 0.15) is 4.75 Å². The van der Waals surface area contributed by atoms with Crippen LogP contribution < -0.4 is 5.01 Å². The summed E-state index contributed by atoms with van der Waals surface area (Å²) in [6.07, 6.45) is 0.752. The zero-order valence-corrected chi connectivity index (χ0v) is 13.9. The van der Waals surface area contributed by atoms with Crippen molar-refractivity contribution >= 4 is 40.7 Å². The number of nitrogens with zero attached hydrogens (tertiary/aromatic N) is 2. The number of halogens is 1. The van der Waals surface area contributed by atoms with Crippen molar-refractivity contribution in [1.29, 1.82) is 0 Å². The van der Waals surface area contributed by atoms with Gasteiger partial charge in [-0.25, -0.2) is 0 Å². The Bertz CT molecular complexity index is 665. The number of benzene rings is 1. The molecule has 110 valence electrons. The molecule has 0 aromatic heterocycles. The van der Waals surface area contributed by atoms with Gasteiger partial charge in [0.2, 0.25) is 0 Å². The zero-order chi connectivity index (χ0) is 15.2. The van der Waals surface area contributed by atoms with Crippen LogP contribution in [0.3, 0.4) is 0 Å². The number of carbonyl (C=O) groups is 1. The van der Waals surface area contributed by atoms with Crippen molar-refractivity contribution in [3.05, 3.63) is 40.4 Å². The SMILES string of the molecule is CC1=NN(c2ccc(Cl)cc2)C(=O)[C@]12CC(C)=C(C)CS2. The molecule has 5 heteroatoms. The molecule has 1 amide bonds. The number of allylic oxidation sites excluding steroid dienone is 1. The first-order chi connectivity index (χ1) is 9.94. The molecule has 0 N–H and O–H groups in total. The fraction of sp³-hybridized carbons (Fsp3) is 0.375. The largest absolute Gasteiger partial charge is 0.270 e. The lowest BCUT2D eigenvalue weighted by molar-refractivity contribution is -0.118. The van der Waals surface area contributed by atoms with Crippen LogP contribution in [0.15, 0.2) is 40.5 Å². The van der Waals surface area contributed by atoms with Crippen molar-refractivity contribution < 1.29 is 4.79 Å². The standard InChI is InChI=1S/C16H17ClN2OS/c1-10-8-16(21-9-11(10)2)12(3)18-19(15(16)20)14-6-4-13(17)5-7-14/h4-7H,8-9H2,1-3H3/t16-/m0/s1. The van der Waals surface area contributed by atoms with E-state index in [1.54, 1.807) is 23.9 Å². The molecule has 21 heavy (non-hydrogen) atoms. The van der Waals surface area contributed by atoms with Crippen molar-refractivity contribution in [3.63, 3.8) is 0 Å². The third-order valence-corrected chi connectivity index (χ3v) is 6.16. The monoisotopic (exact) mass is 320 g/mol. The quantitative estimate of drug-likeness (QED) is 0.724. The van der Waals surface area contributed by atoms with E-state index in [1.807, 2.05) is 19.1 Å². The Morgan fingerprint density at radius 3 is 2.48 bits per heavy atom. The van der Waals surface area contributed by atoms with E-state index >= 15 is 0 Å². The molecule has 1 spiro atoms. The molecular weight excluding hydrogens is 304 g/mol. The summed E-state index contributed by atoms with van der Waals surface area (Å²) in [4.78, 5) is 13.0. The number of carbonyl (C=O) groups excluding carboxylic acids is 1. The van der Waals surface area contributed by atoms with E-state index in [1.165, 1.54) is 16.2 Å². The van der Waals surface area contributed by atoms with Crippen LogP contribution in [0.4, 0.5) is 5.69 Å². The number of hydrazone groups is 1. The number of rotatable bonds is 1. The lowest BCUT2D eigenvalue weighted by Gasteiger charge is -2.32. The first kappa shape index (κ1) is 14.7. The van der Waals surface area contributed by atoms with Gasteiger partial charge in [-0.2, -0.15) is 10.1 Å². The van der Waals surface area contributed by atoms with E-state index in [0.29, 0.717) is 5.02 Å². The van der Waals surface area contributed by atoms with Crippen LogP contribution in [0.5, 0.6) is 0 Å². The fourth-order valence-electron chi connectivity index (χ4n) is 2.66. The maximum absolute atomic E-state index is 13.0. The van der Waals surface area contributed by atoms with Gasteiger partial charge in [-0.1, -0.05) is 22.7 Å². The van der Waals surface area contributed by atoms with Crippen molar-refractivity contribution in [3.8, 4) is 0 Å². The molecule has 0 bridgehead atoms. The van der Waals surface area contributed by atoms with Crippen molar-refractivity contribution in [2.24, 2.45) is 5.10 Å². The van der Waals surface area contributed by atoms with E-state index in [4.69, 9.17) is 11.6 Å². The summed E-state index contributed by atoms with van der Waals surface area (Å²) in [6, 6.07) is 7.22. The average molecular weight is 321 g/mol. The van der Waals surface area contributed by atoms with Crippen LogP contribution in [0, 0.1) is 0 Å². The first-order valence-corrected chi connectivity index (χ1v) is 8.25. The Balaban J connectivity index is 1.96. The lowest BCUT2D eigenvalue weighted by Crippen LogP contribution is -2.45. The van der Waals surface area contributed by atoms with E-state index in [-0.39, 0.29) is 5.91 Å². The van der Waals surface area contributed by atoms with Crippen molar-refractivity contribution in [2.75, 3.05) is 10.8 Å². The number of amides is 1. The van der Waals surface area contributed by atoms with E-state index < -0.39 is 4.75 Å². The summed E-state index contributed by atoms with van der Waals surface area (Å²) in [5.74, 6) is 0.943. The molecule has 0 saturated heterocycles. The third kappa shape index (κ3) is 2.30. The molecular formula is C16H17ClN2OS. The predicted molar refractivity (Wildman–Crippen MR) is 90.2 cm³/mol. The number of anilines is 1. The summed E-state index contributed by atoms with van der Waals surface area (Å²) >= 11 is 7.61. The van der Waals surface area contributed by atoms with Gasteiger partial charge in [0, 0.05) is 10.8 Å². The molecule has 2 aliphatic heterocycles. The minimum Gasteiger partial charge on any atom is -0.270 e. The fourth-order valence-corrected chi connectivity index (χ4v) is 4.27. The summed E-state index contributed by atoms with van der Waals surface area (Å²) in [5.41, 5.74) is 4.33. The summed E-state index contributed by atoms with van der Waals surface area (Å²) in [7, 11) is 0. The molecule has 3 rings (SSSR count). The highest BCUT2D eigenvalue weighted by Gasteiger charge is 2.51. The van der Waals surface area contributed by atoms with Gasteiger partial charge in [-0.05, 0) is 51.5 Å². The van der Waals surface area contributed by atoms with Crippen LogP contribution >= 0.6 is 23.4 Å². The van der Waals surface area contributed by atoms with Crippen LogP contribution in [0.1, 0.15) is 27.2 Å². The molecule has 0 aliphatic carbocycles. The minimum atomic E-state index is -0.525. The Labute approximate surface area is 134 Å². The topological polar surface area (TPSA) is 32.7 Å². The Morgan fingerprint density at radius 2 is 1.86 bits per heavy atom. The van der Waals surface area contributed by atoms with Crippen LogP contribution in [-0.4, -0.2) is 22.1 Å². The van der Waals surface area contributed by atoms with Gasteiger partial charge in [-0.15, -0.1) is 11.8 Å². The van der Waals surface area contributed by atoms with Crippen molar-refractivity contribution in [2.45, 2.75) is 31.9 Å². The van der Waals surface area contributed by atoms with E-state index in [9.17, 15) is 4.79 Å². The third-order valence-electron chi connectivity index (χ3n) is 4.22.